The minimum Gasteiger partial charge on any atom is -0.338 e. The van der Waals surface area contributed by atoms with Crippen LogP contribution in [0.1, 0.15) is 11.1 Å². The van der Waals surface area contributed by atoms with Crippen LogP contribution in [0.4, 0.5) is 26.3 Å². The summed E-state index contributed by atoms with van der Waals surface area (Å²) in [6.07, 6.45) is -7.79. The predicted molar refractivity (Wildman–Crippen MR) is 102 cm³/mol. The van der Waals surface area contributed by atoms with Crippen molar-refractivity contribution >= 4 is 27.0 Å². The third kappa shape index (κ3) is 3.79. The van der Waals surface area contributed by atoms with Crippen LogP contribution in [0, 0.1) is 0 Å². The van der Waals surface area contributed by atoms with E-state index >= 15 is 0 Å². The number of H-pyrrole nitrogens is 1. The maximum Gasteiger partial charge on any atom is 0.418 e. The molecule has 0 atom stereocenters. The Morgan fingerprint density at radius 1 is 0.833 bits per heavy atom. The summed E-state index contributed by atoms with van der Waals surface area (Å²) in [6.45, 7) is 0. The number of aromatic amines is 1. The van der Waals surface area contributed by atoms with Crippen LogP contribution in [-0.2, 0) is 12.4 Å². The van der Waals surface area contributed by atoms with Gasteiger partial charge in [-0.05, 0) is 40.2 Å². The maximum atomic E-state index is 13.2. The van der Waals surface area contributed by atoms with Gasteiger partial charge in [-0.15, -0.1) is 0 Å². The van der Waals surface area contributed by atoms with Gasteiger partial charge in [0.25, 0.3) is 0 Å². The SMILES string of the molecule is FC(F)(F)c1cc(Br)c2nc(-c3ccc(-c4ncccc4C(F)(F)F)cc3)[nH]c2c1. The molecule has 154 valence electrons. The number of rotatable bonds is 2. The molecule has 0 fully saturated rings. The summed E-state index contributed by atoms with van der Waals surface area (Å²) < 4.78 is 78.8. The maximum absolute atomic E-state index is 13.2. The second kappa shape index (κ2) is 7.12. The molecule has 0 saturated heterocycles. The van der Waals surface area contributed by atoms with E-state index in [-0.39, 0.29) is 27.1 Å². The fourth-order valence-corrected chi connectivity index (χ4v) is 3.57. The molecule has 0 unspecified atom stereocenters. The summed E-state index contributed by atoms with van der Waals surface area (Å²) in [5.41, 5.74) is -0.652. The summed E-state index contributed by atoms with van der Waals surface area (Å²) >= 11 is 3.10. The van der Waals surface area contributed by atoms with Gasteiger partial charge in [0.05, 0.1) is 22.3 Å². The Hall–Kier alpha value is -2.88. The number of alkyl halides is 6. The number of hydrogen-bond donors (Lipinski definition) is 1. The van der Waals surface area contributed by atoms with Crippen molar-refractivity contribution in [2.24, 2.45) is 0 Å². The summed E-state index contributed by atoms with van der Waals surface area (Å²) in [5.74, 6) is 0.286. The van der Waals surface area contributed by atoms with Crippen molar-refractivity contribution in [2.45, 2.75) is 12.4 Å². The van der Waals surface area contributed by atoms with E-state index < -0.39 is 23.5 Å². The Kier molecular flexibility index (Phi) is 4.84. The van der Waals surface area contributed by atoms with Gasteiger partial charge in [0.2, 0.25) is 0 Å². The summed E-state index contributed by atoms with van der Waals surface area (Å²) in [5, 5.41) is 0. The highest BCUT2D eigenvalue weighted by molar-refractivity contribution is 9.10. The Balaban J connectivity index is 1.74. The molecule has 0 aliphatic heterocycles. The monoisotopic (exact) mass is 485 g/mol. The zero-order valence-electron chi connectivity index (χ0n) is 14.7. The van der Waals surface area contributed by atoms with Crippen LogP contribution < -0.4 is 0 Å². The topological polar surface area (TPSA) is 41.6 Å². The van der Waals surface area contributed by atoms with Crippen molar-refractivity contribution in [3.63, 3.8) is 0 Å². The number of aromatic nitrogens is 3. The van der Waals surface area contributed by atoms with E-state index in [0.717, 1.165) is 18.2 Å². The lowest BCUT2D eigenvalue weighted by atomic mass is 10.0. The van der Waals surface area contributed by atoms with Crippen molar-refractivity contribution < 1.29 is 26.3 Å². The van der Waals surface area contributed by atoms with Gasteiger partial charge >= 0.3 is 12.4 Å². The van der Waals surface area contributed by atoms with Crippen LogP contribution in [0.15, 0.2) is 59.2 Å². The van der Waals surface area contributed by atoms with Crippen LogP contribution in [0.3, 0.4) is 0 Å². The van der Waals surface area contributed by atoms with Gasteiger partial charge in [-0.1, -0.05) is 24.3 Å². The zero-order valence-corrected chi connectivity index (χ0v) is 16.3. The largest absolute Gasteiger partial charge is 0.418 e. The molecule has 2 aromatic heterocycles. The molecule has 0 aliphatic rings. The van der Waals surface area contributed by atoms with E-state index in [9.17, 15) is 26.3 Å². The lowest BCUT2D eigenvalue weighted by Crippen LogP contribution is -2.08. The quantitative estimate of drug-likeness (QED) is 0.308. The first-order valence-electron chi connectivity index (χ1n) is 8.43. The van der Waals surface area contributed by atoms with Crippen LogP contribution >= 0.6 is 15.9 Å². The molecule has 2 heterocycles. The Bertz CT molecular complexity index is 1230. The fraction of sp³-hybridized carbons (Fsp3) is 0.100. The molecule has 2 aromatic carbocycles. The number of halogens is 7. The van der Waals surface area contributed by atoms with Crippen molar-refractivity contribution in [1.29, 1.82) is 0 Å². The molecule has 30 heavy (non-hydrogen) atoms. The number of nitrogens with zero attached hydrogens (tertiary/aromatic N) is 2. The summed E-state index contributed by atoms with van der Waals surface area (Å²) in [6, 6.07) is 10.0. The smallest absolute Gasteiger partial charge is 0.338 e. The molecule has 3 nitrogen and oxygen atoms in total. The second-order valence-corrected chi connectivity index (χ2v) is 7.27. The van der Waals surface area contributed by atoms with Crippen LogP contribution in [0.25, 0.3) is 33.7 Å². The molecule has 0 radical (unpaired) electrons. The Labute approximate surface area is 173 Å². The van der Waals surface area contributed by atoms with E-state index in [0.29, 0.717) is 11.1 Å². The van der Waals surface area contributed by atoms with E-state index in [4.69, 9.17) is 0 Å². The van der Waals surface area contributed by atoms with Crippen molar-refractivity contribution in [3.05, 3.63) is 70.3 Å². The number of pyridine rings is 1. The number of fused-ring (bicyclic) bond motifs is 1. The Morgan fingerprint density at radius 2 is 1.50 bits per heavy atom. The number of imidazole rings is 1. The number of benzene rings is 2. The van der Waals surface area contributed by atoms with E-state index in [1.165, 1.54) is 36.5 Å². The molecule has 4 rings (SSSR count). The van der Waals surface area contributed by atoms with Gasteiger partial charge in [-0.2, -0.15) is 26.3 Å². The molecule has 0 saturated carbocycles. The van der Waals surface area contributed by atoms with Crippen molar-refractivity contribution in [1.82, 2.24) is 15.0 Å². The predicted octanol–water partition coefficient (Wildman–Crippen LogP) is 7.09. The summed E-state index contributed by atoms with van der Waals surface area (Å²) in [7, 11) is 0. The molecule has 1 N–H and O–H groups in total. The van der Waals surface area contributed by atoms with Crippen molar-refractivity contribution in [3.8, 4) is 22.6 Å². The van der Waals surface area contributed by atoms with Gasteiger partial charge in [0.15, 0.2) is 0 Å². The lowest BCUT2D eigenvalue weighted by molar-refractivity contribution is -0.138. The number of hydrogen-bond acceptors (Lipinski definition) is 2. The molecule has 0 bridgehead atoms. The lowest BCUT2D eigenvalue weighted by Gasteiger charge is -2.11. The highest BCUT2D eigenvalue weighted by Gasteiger charge is 2.34. The van der Waals surface area contributed by atoms with Crippen LogP contribution in [-0.4, -0.2) is 15.0 Å². The first-order valence-corrected chi connectivity index (χ1v) is 9.23. The van der Waals surface area contributed by atoms with Gasteiger partial charge < -0.3 is 4.98 Å². The van der Waals surface area contributed by atoms with Gasteiger partial charge in [0, 0.05) is 21.8 Å². The van der Waals surface area contributed by atoms with Gasteiger partial charge in [0.1, 0.15) is 11.3 Å². The standard InChI is InChI=1S/C20H10BrF6N3/c21-14-8-12(19(22,23)24)9-15-17(14)30-18(29-15)11-5-3-10(4-6-11)16-13(20(25,26)27)2-1-7-28-16/h1-9H,(H,29,30). The minimum absolute atomic E-state index is 0.176. The first kappa shape index (κ1) is 20.4. The normalized spacial score (nSPS) is 12.5. The van der Waals surface area contributed by atoms with Crippen LogP contribution in [0.5, 0.6) is 0 Å². The zero-order chi connectivity index (χ0) is 21.7. The molecule has 10 heteroatoms. The van der Waals surface area contributed by atoms with Gasteiger partial charge in [-0.25, -0.2) is 4.98 Å². The molecular formula is C20H10BrF6N3. The van der Waals surface area contributed by atoms with E-state index in [2.05, 4.69) is 30.9 Å². The highest BCUT2D eigenvalue weighted by atomic mass is 79.9. The molecule has 4 aromatic rings. The Morgan fingerprint density at radius 3 is 2.13 bits per heavy atom. The fourth-order valence-electron chi connectivity index (χ4n) is 3.03. The molecule has 0 amide bonds. The summed E-state index contributed by atoms with van der Waals surface area (Å²) in [4.78, 5) is 11.0. The molecule has 0 aliphatic carbocycles. The van der Waals surface area contributed by atoms with Crippen molar-refractivity contribution in [2.75, 3.05) is 0 Å². The molecule has 0 spiro atoms. The van der Waals surface area contributed by atoms with Crippen LogP contribution in [0.2, 0.25) is 0 Å². The third-order valence-electron chi connectivity index (χ3n) is 4.41. The number of nitrogens with one attached hydrogen (secondary N) is 1. The average molecular weight is 486 g/mol. The second-order valence-electron chi connectivity index (χ2n) is 6.41. The van der Waals surface area contributed by atoms with E-state index in [1.807, 2.05) is 0 Å². The average Bonchev–Trinajstić information content (AvgIpc) is 3.12. The molecular weight excluding hydrogens is 476 g/mol. The third-order valence-corrected chi connectivity index (χ3v) is 5.02. The first-order chi connectivity index (χ1) is 14.0. The minimum atomic E-state index is -4.55. The van der Waals surface area contributed by atoms with E-state index in [1.54, 1.807) is 0 Å². The highest BCUT2D eigenvalue weighted by Crippen LogP contribution is 2.37. The van der Waals surface area contributed by atoms with Gasteiger partial charge in [-0.3, -0.25) is 4.98 Å².